The Morgan fingerprint density at radius 3 is 2.00 bits per heavy atom. The van der Waals surface area contributed by atoms with Gasteiger partial charge >= 0.3 is 29.8 Å². The van der Waals surface area contributed by atoms with Crippen LogP contribution in [0.4, 0.5) is 0 Å². The number of hydrogen-bond acceptors (Lipinski definition) is 12. The molecule has 1 aromatic heterocycles. The molecule has 14 heteroatoms. The zero-order valence-corrected chi connectivity index (χ0v) is 24.2. The van der Waals surface area contributed by atoms with E-state index in [4.69, 9.17) is 28.4 Å². The van der Waals surface area contributed by atoms with E-state index in [1.165, 1.54) is 20.8 Å². The molecule has 1 aromatic carbocycles. The number of amides is 1. The minimum atomic E-state index is -1.35. The molecule has 228 valence electrons. The first-order valence-corrected chi connectivity index (χ1v) is 13.1. The number of carbonyl (C=O) groups is 6. The quantitative estimate of drug-likeness (QED) is 0.240. The van der Waals surface area contributed by atoms with Gasteiger partial charge in [0.05, 0.1) is 5.52 Å². The lowest BCUT2D eigenvalue weighted by atomic mass is 9.97. The summed E-state index contributed by atoms with van der Waals surface area (Å²) >= 11 is 0. The van der Waals surface area contributed by atoms with Gasteiger partial charge in [-0.1, -0.05) is 0 Å². The lowest BCUT2D eigenvalue weighted by Crippen LogP contribution is -2.60. The van der Waals surface area contributed by atoms with Crippen molar-refractivity contribution in [1.82, 2.24) is 9.88 Å². The molecule has 0 unspecified atom stereocenters. The highest BCUT2D eigenvalue weighted by molar-refractivity contribution is 5.86. The summed E-state index contributed by atoms with van der Waals surface area (Å²) in [6.45, 7) is 7.19. The Kier molecular flexibility index (Phi) is 10.6. The summed E-state index contributed by atoms with van der Waals surface area (Å²) in [7, 11) is 0. The van der Waals surface area contributed by atoms with Crippen LogP contribution in [0.15, 0.2) is 24.4 Å². The molecule has 5 atom stereocenters. The molecule has 14 nitrogen and oxygen atoms in total. The highest BCUT2D eigenvalue weighted by Crippen LogP contribution is 2.38. The molecule has 3 rings (SSSR count). The van der Waals surface area contributed by atoms with Crippen LogP contribution in [-0.4, -0.2) is 77.9 Å². The Morgan fingerprint density at radius 1 is 0.810 bits per heavy atom. The predicted molar refractivity (Wildman–Crippen MR) is 143 cm³/mol. The van der Waals surface area contributed by atoms with E-state index < -0.39 is 60.5 Å². The van der Waals surface area contributed by atoms with Crippen molar-refractivity contribution in [3.05, 3.63) is 30.0 Å². The Morgan fingerprint density at radius 2 is 1.43 bits per heavy atom. The standard InChI is InChI=1S/C28H34N2O12/c1-14(31)29-10-9-20-12-30(23-8-7-21(11-22(20)23)38-16(3)33)28-27(41-19(6)36)26(40-18(5)35)25(39-17(4)34)24(42-28)13-37-15(2)32/h7-8,11-12,24-28H,9-10,13H2,1-6H3,(H,29,31)/t24-,25-,26+,27-,28-/m1/s1. The summed E-state index contributed by atoms with van der Waals surface area (Å²) in [5.74, 6) is -3.32. The molecule has 0 radical (unpaired) electrons. The van der Waals surface area contributed by atoms with Crippen molar-refractivity contribution >= 4 is 46.7 Å². The van der Waals surface area contributed by atoms with Gasteiger partial charge in [0.2, 0.25) is 5.91 Å². The third-order valence-corrected chi connectivity index (χ3v) is 6.16. The van der Waals surface area contributed by atoms with E-state index in [1.807, 2.05) is 0 Å². The molecule has 1 aliphatic rings. The number of nitrogens with one attached hydrogen (secondary N) is 1. The number of ether oxygens (including phenoxy) is 6. The van der Waals surface area contributed by atoms with Gasteiger partial charge in [-0.25, -0.2) is 0 Å². The van der Waals surface area contributed by atoms with E-state index in [0.29, 0.717) is 22.9 Å². The highest BCUT2D eigenvalue weighted by atomic mass is 16.7. The third kappa shape index (κ3) is 8.28. The highest BCUT2D eigenvalue weighted by Gasteiger charge is 2.53. The van der Waals surface area contributed by atoms with E-state index in [9.17, 15) is 28.8 Å². The van der Waals surface area contributed by atoms with Crippen LogP contribution in [0.2, 0.25) is 0 Å². The molecular formula is C28H34N2O12. The monoisotopic (exact) mass is 590 g/mol. The Balaban J connectivity index is 2.20. The normalized spacial score (nSPS) is 21.6. The molecule has 1 saturated heterocycles. The number of benzene rings is 1. The Bertz CT molecular complexity index is 1370. The largest absolute Gasteiger partial charge is 0.463 e. The summed E-state index contributed by atoms with van der Waals surface area (Å²) in [4.78, 5) is 71.3. The number of hydrogen-bond donors (Lipinski definition) is 1. The van der Waals surface area contributed by atoms with E-state index >= 15 is 0 Å². The van der Waals surface area contributed by atoms with Crippen LogP contribution < -0.4 is 10.1 Å². The minimum Gasteiger partial charge on any atom is -0.463 e. The molecule has 1 fully saturated rings. The first-order chi connectivity index (χ1) is 19.8. The molecule has 2 heterocycles. The minimum absolute atomic E-state index is 0.223. The van der Waals surface area contributed by atoms with Crippen molar-refractivity contribution in [2.45, 2.75) is 78.6 Å². The molecular weight excluding hydrogens is 556 g/mol. The fourth-order valence-corrected chi connectivity index (χ4v) is 4.75. The van der Waals surface area contributed by atoms with Gasteiger partial charge in [-0.05, 0) is 30.2 Å². The zero-order valence-electron chi connectivity index (χ0n) is 24.2. The van der Waals surface area contributed by atoms with Gasteiger partial charge in [-0.15, -0.1) is 0 Å². The lowest BCUT2D eigenvalue weighted by Gasteiger charge is -2.44. The lowest BCUT2D eigenvalue weighted by molar-refractivity contribution is -0.267. The van der Waals surface area contributed by atoms with E-state index in [1.54, 1.807) is 29.0 Å². The van der Waals surface area contributed by atoms with Crippen molar-refractivity contribution in [1.29, 1.82) is 0 Å². The number of esters is 5. The predicted octanol–water partition coefficient (Wildman–Crippen LogP) is 1.50. The summed E-state index contributed by atoms with van der Waals surface area (Å²) in [5, 5.41) is 3.36. The fraction of sp³-hybridized carbons (Fsp3) is 0.500. The van der Waals surface area contributed by atoms with Crippen LogP contribution in [0.1, 0.15) is 53.3 Å². The van der Waals surface area contributed by atoms with Gasteiger partial charge in [0, 0.05) is 59.7 Å². The average molecular weight is 591 g/mol. The van der Waals surface area contributed by atoms with Gasteiger partial charge in [0.25, 0.3) is 0 Å². The van der Waals surface area contributed by atoms with Gasteiger partial charge in [-0.3, -0.25) is 28.8 Å². The van der Waals surface area contributed by atoms with Gasteiger partial charge < -0.3 is 38.3 Å². The number of nitrogens with zero attached hydrogens (tertiary/aromatic N) is 1. The summed E-state index contributed by atoms with van der Waals surface area (Å²) in [6, 6.07) is 4.86. The molecule has 1 amide bonds. The van der Waals surface area contributed by atoms with Crippen LogP contribution in [0, 0.1) is 0 Å². The Labute approximate surface area is 241 Å². The molecule has 0 spiro atoms. The smallest absolute Gasteiger partial charge is 0.308 e. The average Bonchev–Trinajstić information content (AvgIpc) is 3.21. The maximum atomic E-state index is 12.3. The first kappa shape index (κ1) is 32.1. The molecule has 1 N–H and O–H groups in total. The molecule has 0 bridgehead atoms. The first-order valence-electron chi connectivity index (χ1n) is 13.1. The second-order valence-electron chi connectivity index (χ2n) is 9.66. The Hall–Kier alpha value is -4.46. The van der Waals surface area contributed by atoms with E-state index in [0.717, 1.165) is 20.8 Å². The second-order valence-corrected chi connectivity index (χ2v) is 9.66. The second kappa shape index (κ2) is 13.9. The van der Waals surface area contributed by atoms with Gasteiger partial charge in [-0.2, -0.15) is 0 Å². The summed E-state index contributed by atoms with van der Waals surface area (Å²) < 4.78 is 35.0. The molecule has 0 saturated carbocycles. The number of aromatic nitrogens is 1. The maximum Gasteiger partial charge on any atom is 0.308 e. The number of carbonyl (C=O) groups excluding carboxylic acids is 6. The maximum absolute atomic E-state index is 12.3. The number of fused-ring (bicyclic) bond motifs is 1. The van der Waals surface area contributed by atoms with Crippen LogP contribution in [0.3, 0.4) is 0 Å². The number of rotatable bonds is 10. The van der Waals surface area contributed by atoms with Crippen molar-refractivity contribution in [3.63, 3.8) is 0 Å². The van der Waals surface area contributed by atoms with Crippen molar-refractivity contribution in [2.24, 2.45) is 0 Å². The molecule has 42 heavy (non-hydrogen) atoms. The molecule has 0 aliphatic carbocycles. The van der Waals surface area contributed by atoms with E-state index in [2.05, 4.69) is 5.32 Å². The summed E-state index contributed by atoms with van der Waals surface area (Å²) in [6.07, 6.45) is -4.24. The zero-order chi connectivity index (χ0) is 31.1. The van der Waals surface area contributed by atoms with Gasteiger partial charge in [0.1, 0.15) is 18.5 Å². The van der Waals surface area contributed by atoms with Crippen molar-refractivity contribution < 1.29 is 57.2 Å². The summed E-state index contributed by atoms with van der Waals surface area (Å²) in [5.41, 5.74) is 1.25. The topological polar surface area (TPSA) is 175 Å². The molecule has 1 aliphatic heterocycles. The van der Waals surface area contributed by atoms with Crippen LogP contribution in [0.25, 0.3) is 10.9 Å². The molecule has 2 aromatic rings. The third-order valence-electron chi connectivity index (χ3n) is 6.16. The SMILES string of the molecule is CC(=O)NCCc1cn([C@@H]2O[C@H](COC(C)=O)[C@@H](OC(C)=O)[C@H](OC(C)=O)[C@H]2OC(C)=O)c2ccc(OC(C)=O)cc12. The van der Waals surface area contributed by atoms with Crippen LogP contribution in [-0.2, 0) is 58.9 Å². The van der Waals surface area contributed by atoms with Gasteiger partial charge in [0.15, 0.2) is 24.5 Å². The van der Waals surface area contributed by atoms with Crippen molar-refractivity contribution in [3.8, 4) is 5.75 Å². The van der Waals surface area contributed by atoms with E-state index in [-0.39, 0.29) is 24.8 Å². The fourth-order valence-electron chi connectivity index (χ4n) is 4.75. The van der Waals surface area contributed by atoms with Crippen molar-refractivity contribution in [2.75, 3.05) is 13.2 Å². The van der Waals surface area contributed by atoms with Crippen LogP contribution in [0.5, 0.6) is 5.75 Å². The van der Waals surface area contributed by atoms with Crippen LogP contribution >= 0.6 is 0 Å².